The number of benzene rings is 7. The second-order valence-electron chi connectivity index (χ2n) is 36.7. The second-order valence-corrected chi connectivity index (χ2v) is 36.7. The number of hydrogen-bond acceptors (Lipinski definition) is 27. The van der Waals surface area contributed by atoms with Crippen LogP contribution in [0, 0.1) is 49.7 Å². The zero-order valence-electron chi connectivity index (χ0n) is 79.3. The van der Waals surface area contributed by atoms with Gasteiger partial charge in [0.05, 0.1) is 97.5 Å². The van der Waals surface area contributed by atoms with Crippen LogP contribution in [0.4, 0.5) is 0 Å². The quantitative estimate of drug-likeness (QED) is 0.00972. The largest absolute Gasteiger partial charge is 0.504 e. The van der Waals surface area contributed by atoms with E-state index in [1.54, 1.807) is 76.2 Å². The molecule has 0 radical (unpaired) electrons. The number of carbonyl (C=O) groups excluding carboxylic acids is 12. The molecule has 0 aliphatic heterocycles. The van der Waals surface area contributed by atoms with E-state index in [1.807, 2.05) is 121 Å². The minimum absolute atomic E-state index is 0. The van der Waals surface area contributed by atoms with Crippen molar-refractivity contribution >= 4 is 71.4 Å². The van der Waals surface area contributed by atoms with Crippen molar-refractivity contribution in [2.45, 2.75) is 299 Å². The van der Waals surface area contributed by atoms with E-state index < -0.39 is 173 Å². The molecule has 11 atom stereocenters. The molecule has 7 aromatic rings. The van der Waals surface area contributed by atoms with Gasteiger partial charge in [0.15, 0.2) is 34.5 Å². The van der Waals surface area contributed by atoms with Crippen molar-refractivity contribution < 1.29 is 131 Å². The number of rotatable bonds is 45. The maximum Gasteiger partial charge on any atom is 0.328 e. The Kier molecular flexibility index (Phi) is 67.6. The first-order valence-electron chi connectivity index (χ1n) is 43.4. The number of methoxy groups -OCH3 is 9. The molecule has 0 saturated carbocycles. The summed E-state index contributed by atoms with van der Waals surface area (Å²) in [5.74, 6) is -12.4. The molecule has 7 aromatic carbocycles. The van der Waals surface area contributed by atoms with Gasteiger partial charge in [0.25, 0.3) is 0 Å². The molecule has 7 rings (SSSR count). The van der Waals surface area contributed by atoms with Crippen LogP contribution in [0.1, 0.15) is 290 Å². The number of nitrogens with one attached hydrogen (secondary N) is 3. The molecule has 0 fully saturated rings. The Labute approximate surface area is 875 Å². The molecule has 828 valence electrons. The highest BCUT2D eigenvalue weighted by Gasteiger charge is 2.57. The summed E-state index contributed by atoms with van der Waals surface area (Å²) in [5.41, 5.74) is -8.96. The normalized spacial score (nSPS) is 13.9. The van der Waals surface area contributed by atoms with Crippen LogP contribution in [0.5, 0.6) is 34.5 Å². The summed E-state index contributed by atoms with van der Waals surface area (Å²) >= 11 is 0. The van der Waals surface area contributed by atoms with E-state index in [9.17, 15) is 78.6 Å². The van der Waals surface area contributed by atoms with E-state index in [2.05, 4.69) is 16.0 Å². The Bertz CT molecular complexity index is 4830. The van der Waals surface area contributed by atoms with Gasteiger partial charge in [-0.25, -0.2) is 14.4 Å². The van der Waals surface area contributed by atoms with Crippen LogP contribution < -0.4 is 16.0 Å². The molecular weight excluding hydrogens is 1870 g/mol. The first-order valence-corrected chi connectivity index (χ1v) is 43.4. The average molecular weight is 2060 g/mol. The number of phenolic OH excluding ortho intramolecular Hbond substituents is 6. The molecule has 3 amide bonds. The molecule has 0 heterocycles. The summed E-state index contributed by atoms with van der Waals surface area (Å²) in [7, 11) is 10.9. The van der Waals surface area contributed by atoms with Gasteiger partial charge in [-0.3, -0.25) is 43.2 Å². The monoisotopic (exact) mass is 2050 g/mol. The Morgan fingerprint density at radius 1 is 0.267 bits per heavy atom. The van der Waals surface area contributed by atoms with Gasteiger partial charge in [-0.15, -0.1) is 0 Å². The summed E-state index contributed by atoms with van der Waals surface area (Å²) in [6, 6.07) is 45.9. The summed E-state index contributed by atoms with van der Waals surface area (Å²) in [6.07, 6.45) is -1.09. The number of hydrogen-bond donors (Lipinski definition) is 9. The van der Waals surface area contributed by atoms with Gasteiger partial charge in [0, 0.05) is 46.3 Å². The van der Waals surface area contributed by atoms with Crippen LogP contribution in [0.15, 0.2) is 176 Å². The van der Waals surface area contributed by atoms with Crippen molar-refractivity contribution in [3.05, 3.63) is 215 Å². The first kappa shape index (κ1) is 151. The summed E-state index contributed by atoms with van der Waals surface area (Å²) in [4.78, 5) is 168. The van der Waals surface area contributed by atoms with Crippen LogP contribution >= 0.6 is 0 Å². The van der Waals surface area contributed by atoms with E-state index in [4.69, 9.17) is 42.6 Å². The number of aromatic hydroxyl groups is 6. The summed E-state index contributed by atoms with van der Waals surface area (Å²) in [6.45, 7) is 18.2. The number of ether oxygens (including phenoxy) is 9. The Morgan fingerprint density at radius 3 is 0.699 bits per heavy atom. The number of esters is 9. The third-order valence-electron chi connectivity index (χ3n) is 25.6. The minimum atomic E-state index is -1.78. The van der Waals surface area contributed by atoms with Gasteiger partial charge in [-0.05, 0) is 181 Å². The molecule has 0 spiro atoms. The highest BCUT2D eigenvalue weighted by molar-refractivity contribution is 5.92. The molecule has 0 saturated heterocycles. The van der Waals surface area contributed by atoms with E-state index in [-0.39, 0.29) is 199 Å². The SMILES string of the molecule is C.C.C.C.C.C.C.C.C.C.C.C.C.C.CCC(C)(CC(C)(CC(C)(C)C(=O)OC)C(=O)NC(Cc1ccc(O)c(O)c1)C(=O)OC)C(=O)OC.COC(=O)C(C)CC(C)(CC(C)(CC(CCC(CC(C)(CC(C)(CC(C)C(=O)OC)C(=O)OC)C(=O)NC(Cc1ccc(O)c(O)c1)C(=O)OC)(c1ccccc1)c1ccccc1)(c1ccccc1)c1ccccc1)C(=O)NC(Cc1ccc(O)c(O)c1)C(=O)OC)C(=O)OC. The number of amides is 3. The van der Waals surface area contributed by atoms with Gasteiger partial charge in [0.2, 0.25) is 17.7 Å². The predicted molar refractivity (Wildman–Crippen MR) is 583 cm³/mol. The smallest absolute Gasteiger partial charge is 0.328 e. The third-order valence-corrected chi connectivity index (χ3v) is 25.6. The van der Waals surface area contributed by atoms with Gasteiger partial charge < -0.3 is 89.2 Å². The van der Waals surface area contributed by atoms with Crippen molar-refractivity contribution in [3.63, 3.8) is 0 Å². The van der Waals surface area contributed by atoms with Gasteiger partial charge in [-0.1, -0.05) is 285 Å². The lowest BCUT2D eigenvalue weighted by atomic mass is 9.54. The first-order chi connectivity index (χ1) is 62.0. The lowest BCUT2D eigenvalue weighted by Crippen LogP contribution is -2.54. The molecule has 9 N–H and O–H groups in total. The van der Waals surface area contributed by atoms with Crippen LogP contribution in [-0.2, 0) is 130 Å². The van der Waals surface area contributed by atoms with Gasteiger partial charge in [-0.2, -0.15) is 0 Å². The van der Waals surface area contributed by atoms with Crippen LogP contribution in [0.2, 0.25) is 0 Å². The topological polar surface area (TPSA) is 445 Å². The number of phenols is 6. The van der Waals surface area contributed by atoms with Crippen molar-refractivity contribution in [1.82, 2.24) is 16.0 Å². The molecule has 0 bridgehead atoms. The lowest BCUT2D eigenvalue weighted by molar-refractivity contribution is -0.161. The van der Waals surface area contributed by atoms with Crippen molar-refractivity contribution in [2.24, 2.45) is 49.7 Å². The van der Waals surface area contributed by atoms with Gasteiger partial charge >= 0.3 is 53.7 Å². The molecule has 146 heavy (non-hydrogen) atoms. The third kappa shape index (κ3) is 37.8. The molecule has 0 aliphatic rings. The zero-order valence-corrected chi connectivity index (χ0v) is 79.3. The second kappa shape index (κ2) is 65.5. The van der Waals surface area contributed by atoms with Crippen molar-refractivity contribution in [3.8, 4) is 34.5 Å². The highest BCUT2D eigenvalue weighted by atomic mass is 16.6. The Balaban J connectivity index is -0.000000459. The van der Waals surface area contributed by atoms with Crippen LogP contribution in [0.3, 0.4) is 0 Å². The number of carbonyl (C=O) groups is 12. The van der Waals surface area contributed by atoms with E-state index in [1.165, 1.54) is 104 Å². The molecule has 30 heteroatoms. The molecule has 0 aromatic heterocycles. The van der Waals surface area contributed by atoms with Crippen molar-refractivity contribution in [2.75, 3.05) is 64.0 Å². The Hall–Kier alpha value is -13.0. The minimum Gasteiger partial charge on any atom is -0.504 e. The highest BCUT2D eigenvalue weighted by Crippen LogP contribution is 2.57. The average Bonchev–Trinajstić information content (AvgIpc) is 0.732. The van der Waals surface area contributed by atoms with E-state index >= 15 is 9.59 Å². The fraction of sp³-hybridized carbons (Fsp3) is 0.534. The standard InChI is InChI=1S/C76H92N2O18.C26H39NO9.14CH4/c1-49(63(83)91-7)43-71(3,69(89)95-11)45-73(5,67(87)77-57(65(85)93-9)39-51-33-35-59(79)61(81)41-51)47-75(53-25-17-13-18-26-53,54-27-19-14-20-28-54)37-38-76(55-29-21-15-22-30-55,56-31-23-16-24-32-56)48-74(6,46-72(4,70(90)96-12)44-50(2)64(84)92-8)68(88)78-58(66(86)94-10)40-52-34-36-60(80)62(82)42-52;1-9-25(4,23(33)36-8)15-26(5,14-24(2,3)22(32)35-7)21(31)27-17(20(30)34-6)12-16-10-11-18(28)19(29)13-16;;;;;;;;;;;;;;/h13-36,41-42,49-50,57-58,79-82H,37-40,43-48H2,1-12H3,(H,77,87)(H,78,88);10-11,13,17,28-29H,9,12,14-15H2,1-8H3,(H,27,31);14*1H4. The maximum atomic E-state index is 16.4. The Morgan fingerprint density at radius 2 is 0.486 bits per heavy atom. The molecule has 0 aliphatic carbocycles. The van der Waals surface area contributed by atoms with Crippen LogP contribution in [0.25, 0.3) is 0 Å². The predicted octanol–water partition coefficient (Wildman–Crippen LogP) is 22.5. The fourth-order valence-corrected chi connectivity index (χ4v) is 19.1. The van der Waals surface area contributed by atoms with Crippen LogP contribution in [-0.4, -0.2) is 184 Å². The zero-order chi connectivity index (χ0) is 98.7. The molecule has 30 nitrogen and oxygen atoms in total. The van der Waals surface area contributed by atoms with E-state index in [0.29, 0.717) is 45.4 Å². The lowest BCUT2D eigenvalue weighted by Gasteiger charge is -2.49. The summed E-state index contributed by atoms with van der Waals surface area (Å²) in [5, 5.41) is 69.8. The molecule has 11 unspecified atom stereocenters. The molecular formula is C116H187N3O27. The maximum absolute atomic E-state index is 16.4. The van der Waals surface area contributed by atoms with Crippen molar-refractivity contribution in [1.29, 1.82) is 0 Å². The summed E-state index contributed by atoms with van der Waals surface area (Å²) < 4.78 is 46.9. The fourth-order valence-electron chi connectivity index (χ4n) is 19.1. The van der Waals surface area contributed by atoms with E-state index in [0.717, 1.165) is 14.2 Å². The van der Waals surface area contributed by atoms with Gasteiger partial charge in [0.1, 0.15) is 18.1 Å².